The molecular weight excluding hydrogens is 228 g/mol. The Balaban J connectivity index is 2.27. The minimum absolute atomic E-state index is 0.0131. The lowest BCUT2D eigenvalue weighted by Gasteiger charge is -2.32. The van der Waals surface area contributed by atoms with Gasteiger partial charge in [-0.1, -0.05) is 25.7 Å². The molecule has 18 heavy (non-hydrogen) atoms. The van der Waals surface area contributed by atoms with Crippen molar-refractivity contribution in [3.8, 4) is 0 Å². The van der Waals surface area contributed by atoms with Crippen molar-refractivity contribution in [2.24, 2.45) is 4.99 Å². The van der Waals surface area contributed by atoms with Crippen molar-refractivity contribution < 1.29 is 9.53 Å². The van der Waals surface area contributed by atoms with Crippen LogP contribution in [0.2, 0.25) is 0 Å². The summed E-state index contributed by atoms with van der Waals surface area (Å²) in [6, 6.07) is 0. The standard InChI is InChI=1S/C14H24N2O2/c1-4-18-14(9-7-5-6-8-10-14)11-15-12(17)13(2,3)16-11/h4-10H2,1-3H3,(H,15,16,17). The Kier molecular flexibility index (Phi) is 3.76. The van der Waals surface area contributed by atoms with Crippen molar-refractivity contribution in [3.05, 3.63) is 0 Å². The molecule has 0 aromatic carbocycles. The van der Waals surface area contributed by atoms with Gasteiger partial charge in [0.2, 0.25) is 0 Å². The molecule has 0 saturated heterocycles. The molecule has 2 aliphatic rings. The number of amides is 1. The number of aliphatic imine (C=N–C) groups is 1. The molecule has 2 rings (SSSR count). The molecule has 0 aromatic heterocycles. The number of nitrogens with one attached hydrogen (secondary N) is 1. The Morgan fingerprint density at radius 1 is 1.22 bits per heavy atom. The van der Waals surface area contributed by atoms with Crippen LogP contribution < -0.4 is 5.32 Å². The molecule has 0 unspecified atom stereocenters. The van der Waals surface area contributed by atoms with E-state index in [1.54, 1.807) is 0 Å². The second-order valence-corrected chi connectivity index (χ2v) is 5.82. The molecule has 0 atom stereocenters. The summed E-state index contributed by atoms with van der Waals surface area (Å²) in [7, 11) is 0. The summed E-state index contributed by atoms with van der Waals surface area (Å²) in [6.07, 6.45) is 6.73. The third-order valence-electron chi connectivity index (χ3n) is 3.94. The minimum Gasteiger partial charge on any atom is -0.367 e. The summed E-state index contributed by atoms with van der Waals surface area (Å²) in [6.45, 7) is 6.38. The number of carbonyl (C=O) groups excluding carboxylic acids is 1. The van der Waals surface area contributed by atoms with E-state index < -0.39 is 5.54 Å². The molecule has 0 bridgehead atoms. The van der Waals surface area contributed by atoms with Crippen molar-refractivity contribution in [2.75, 3.05) is 6.61 Å². The summed E-state index contributed by atoms with van der Waals surface area (Å²) in [5.41, 5.74) is -1.000. The Morgan fingerprint density at radius 2 is 1.83 bits per heavy atom. The second-order valence-electron chi connectivity index (χ2n) is 5.82. The van der Waals surface area contributed by atoms with Crippen molar-refractivity contribution in [1.82, 2.24) is 5.32 Å². The van der Waals surface area contributed by atoms with Crippen LogP contribution in [0.1, 0.15) is 59.3 Å². The van der Waals surface area contributed by atoms with Gasteiger partial charge >= 0.3 is 0 Å². The highest BCUT2D eigenvalue weighted by molar-refractivity contribution is 6.11. The van der Waals surface area contributed by atoms with E-state index >= 15 is 0 Å². The molecular formula is C14H24N2O2. The van der Waals surface area contributed by atoms with Gasteiger partial charge in [0, 0.05) is 6.61 Å². The Labute approximate surface area is 109 Å². The van der Waals surface area contributed by atoms with E-state index in [9.17, 15) is 4.79 Å². The quantitative estimate of drug-likeness (QED) is 0.784. The fourth-order valence-corrected chi connectivity index (χ4v) is 2.86. The molecule has 1 aliphatic heterocycles. The van der Waals surface area contributed by atoms with Gasteiger partial charge in [-0.3, -0.25) is 9.79 Å². The highest BCUT2D eigenvalue weighted by Crippen LogP contribution is 2.34. The number of ether oxygens (including phenoxy) is 1. The van der Waals surface area contributed by atoms with Gasteiger partial charge in [-0.05, 0) is 33.6 Å². The zero-order chi connectivity index (χ0) is 13.2. The van der Waals surface area contributed by atoms with Crippen LogP contribution >= 0.6 is 0 Å². The first-order valence-electron chi connectivity index (χ1n) is 7.06. The Hall–Kier alpha value is -0.900. The number of hydrogen-bond donors (Lipinski definition) is 1. The first-order valence-corrected chi connectivity index (χ1v) is 7.06. The molecule has 0 radical (unpaired) electrons. The summed E-state index contributed by atoms with van der Waals surface area (Å²) < 4.78 is 6.03. The predicted molar refractivity (Wildman–Crippen MR) is 71.7 cm³/mol. The van der Waals surface area contributed by atoms with E-state index in [0.717, 1.165) is 31.5 Å². The zero-order valence-corrected chi connectivity index (χ0v) is 11.7. The van der Waals surface area contributed by atoms with Gasteiger partial charge in [-0.2, -0.15) is 0 Å². The van der Waals surface area contributed by atoms with Gasteiger partial charge < -0.3 is 10.1 Å². The average molecular weight is 252 g/mol. The van der Waals surface area contributed by atoms with Gasteiger partial charge in [0.1, 0.15) is 17.0 Å². The third-order valence-corrected chi connectivity index (χ3v) is 3.94. The molecule has 0 aromatic rings. The maximum absolute atomic E-state index is 11.9. The Bertz CT molecular complexity index is 353. The van der Waals surface area contributed by atoms with E-state index in [-0.39, 0.29) is 11.5 Å². The zero-order valence-electron chi connectivity index (χ0n) is 11.7. The van der Waals surface area contributed by atoms with E-state index in [2.05, 4.69) is 10.3 Å². The van der Waals surface area contributed by atoms with Crippen LogP contribution in [0.3, 0.4) is 0 Å². The normalized spacial score (nSPS) is 26.4. The molecule has 1 aliphatic carbocycles. The number of hydrogen-bond acceptors (Lipinski definition) is 3. The van der Waals surface area contributed by atoms with E-state index in [1.807, 2.05) is 20.8 Å². The van der Waals surface area contributed by atoms with E-state index in [4.69, 9.17) is 4.74 Å². The number of nitrogens with zero attached hydrogens (tertiary/aromatic N) is 1. The van der Waals surface area contributed by atoms with Crippen molar-refractivity contribution in [2.45, 2.75) is 70.4 Å². The fourth-order valence-electron chi connectivity index (χ4n) is 2.86. The van der Waals surface area contributed by atoms with Gasteiger partial charge in [0.15, 0.2) is 0 Å². The molecule has 1 N–H and O–H groups in total. The van der Waals surface area contributed by atoms with Crippen LogP contribution in [0.5, 0.6) is 0 Å². The summed E-state index contributed by atoms with van der Waals surface area (Å²) >= 11 is 0. The van der Waals surface area contributed by atoms with Crippen molar-refractivity contribution in [1.29, 1.82) is 0 Å². The van der Waals surface area contributed by atoms with Crippen LogP contribution in [0.4, 0.5) is 0 Å². The van der Waals surface area contributed by atoms with Gasteiger partial charge in [0.05, 0.1) is 0 Å². The smallest absolute Gasteiger partial charge is 0.252 e. The highest BCUT2D eigenvalue weighted by atomic mass is 16.5. The molecule has 1 fully saturated rings. The lowest BCUT2D eigenvalue weighted by molar-refractivity contribution is -0.122. The molecule has 4 nitrogen and oxygen atoms in total. The monoisotopic (exact) mass is 252 g/mol. The maximum Gasteiger partial charge on any atom is 0.252 e. The van der Waals surface area contributed by atoms with Crippen molar-refractivity contribution >= 4 is 11.7 Å². The molecule has 1 saturated carbocycles. The topological polar surface area (TPSA) is 50.7 Å². The first kappa shape index (κ1) is 13.5. The average Bonchev–Trinajstić information content (AvgIpc) is 2.52. The third kappa shape index (κ3) is 2.44. The minimum atomic E-state index is -0.647. The molecule has 0 spiro atoms. The molecule has 1 amide bonds. The van der Waals surface area contributed by atoms with Crippen molar-refractivity contribution in [3.63, 3.8) is 0 Å². The van der Waals surface area contributed by atoms with Gasteiger partial charge in [-0.15, -0.1) is 0 Å². The summed E-state index contributed by atoms with van der Waals surface area (Å²) in [4.78, 5) is 16.5. The molecule has 102 valence electrons. The number of amidine groups is 1. The molecule has 1 heterocycles. The lowest BCUT2D eigenvalue weighted by Crippen LogP contribution is -2.48. The molecule has 4 heteroatoms. The summed E-state index contributed by atoms with van der Waals surface area (Å²) in [5, 5.41) is 2.95. The number of carbonyl (C=O) groups is 1. The second kappa shape index (κ2) is 5.00. The van der Waals surface area contributed by atoms with Gasteiger partial charge in [-0.25, -0.2) is 0 Å². The lowest BCUT2D eigenvalue weighted by atomic mass is 9.92. The van der Waals surface area contributed by atoms with E-state index in [1.165, 1.54) is 12.8 Å². The van der Waals surface area contributed by atoms with Crippen LogP contribution in [-0.2, 0) is 9.53 Å². The summed E-state index contributed by atoms with van der Waals surface area (Å²) in [5.74, 6) is 0.752. The van der Waals surface area contributed by atoms with Gasteiger partial charge in [0.25, 0.3) is 5.91 Å². The SMILES string of the molecule is CCOC1(C2=NC(C)(C)C(=O)N2)CCCCCC1. The fraction of sp³-hybridized carbons (Fsp3) is 0.857. The predicted octanol–water partition coefficient (Wildman–Crippen LogP) is 2.42. The van der Waals surface area contributed by atoms with Crippen LogP contribution in [0.25, 0.3) is 0 Å². The highest BCUT2D eigenvalue weighted by Gasteiger charge is 2.45. The Morgan fingerprint density at radius 3 is 2.28 bits per heavy atom. The van der Waals surface area contributed by atoms with E-state index in [0.29, 0.717) is 6.61 Å². The number of rotatable bonds is 3. The van der Waals surface area contributed by atoms with Crippen LogP contribution in [0, 0.1) is 0 Å². The van der Waals surface area contributed by atoms with Crippen LogP contribution in [-0.4, -0.2) is 29.5 Å². The van der Waals surface area contributed by atoms with Crippen LogP contribution in [0.15, 0.2) is 4.99 Å². The largest absolute Gasteiger partial charge is 0.367 e. The maximum atomic E-state index is 11.9. The first-order chi connectivity index (χ1) is 8.50.